The van der Waals surface area contributed by atoms with Gasteiger partial charge in [-0.2, -0.15) is 10.1 Å². The van der Waals surface area contributed by atoms with E-state index in [1.54, 1.807) is 24.4 Å². The molecule has 4 aromatic rings. The second-order valence-corrected chi connectivity index (χ2v) is 8.56. The van der Waals surface area contributed by atoms with Gasteiger partial charge in [-0.15, -0.1) is 0 Å². The molecule has 0 atom stereocenters. The molecule has 1 heterocycles. The van der Waals surface area contributed by atoms with E-state index >= 15 is 0 Å². The Morgan fingerprint density at radius 3 is 2.51 bits per heavy atom. The van der Waals surface area contributed by atoms with Crippen LogP contribution in [-0.4, -0.2) is 28.6 Å². The molecule has 0 aliphatic rings. The van der Waals surface area contributed by atoms with Gasteiger partial charge in [-0.25, -0.2) is 4.98 Å². The van der Waals surface area contributed by atoms with Crippen molar-refractivity contribution in [3.05, 3.63) is 99.6 Å². The molecule has 1 amide bonds. The Morgan fingerprint density at radius 1 is 1.11 bits per heavy atom. The van der Waals surface area contributed by atoms with Gasteiger partial charge in [0.15, 0.2) is 0 Å². The second kappa shape index (κ2) is 10.7. The Labute approximate surface area is 206 Å². The van der Waals surface area contributed by atoms with Crippen molar-refractivity contribution in [2.45, 2.75) is 13.8 Å². The highest BCUT2D eigenvalue weighted by atomic mass is 32.1. The number of carbonyl (C=O) groups is 1. The molecule has 8 nitrogen and oxygen atoms in total. The summed E-state index contributed by atoms with van der Waals surface area (Å²) in [5, 5.41) is 17.0. The third kappa shape index (κ3) is 5.96. The molecule has 0 saturated carbocycles. The van der Waals surface area contributed by atoms with Crippen molar-refractivity contribution in [2.24, 2.45) is 5.10 Å². The normalized spacial score (nSPS) is 11.4. The van der Waals surface area contributed by atoms with E-state index in [1.807, 2.05) is 56.3 Å². The Balaban J connectivity index is 1.63. The van der Waals surface area contributed by atoms with E-state index in [4.69, 9.17) is 4.74 Å². The van der Waals surface area contributed by atoms with Crippen LogP contribution in [0, 0.1) is 17.0 Å². The molecule has 3 aromatic carbocycles. The van der Waals surface area contributed by atoms with Crippen LogP contribution >= 0.6 is 11.3 Å². The fourth-order valence-electron chi connectivity index (χ4n) is 3.20. The van der Waals surface area contributed by atoms with Crippen molar-refractivity contribution >= 4 is 50.6 Å². The summed E-state index contributed by atoms with van der Waals surface area (Å²) >= 11 is 1.37. The van der Waals surface area contributed by atoms with E-state index in [1.165, 1.54) is 34.6 Å². The van der Waals surface area contributed by atoms with Crippen LogP contribution in [-0.2, 0) is 4.79 Å². The van der Waals surface area contributed by atoms with Gasteiger partial charge in [0.25, 0.3) is 11.6 Å². The minimum absolute atomic E-state index is 0.0140. The van der Waals surface area contributed by atoms with E-state index in [0.29, 0.717) is 17.3 Å². The zero-order valence-corrected chi connectivity index (χ0v) is 19.9. The number of hydrogen-bond acceptors (Lipinski definition) is 7. The maximum absolute atomic E-state index is 13.2. The summed E-state index contributed by atoms with van der Waals surface area (Å²) in [5.74, 6) is 0.353. The Morgan fingerprint density at radius 2 is 1.83 bits per heavy atom. The number of amides is 1. The molecule has 0 fully saturated rings. The van der Waals surface area contributed by atoms with Crippen LogP contribution in [0.3, 0.4) is 0 Å². The first-order valence-corrected chi connectivity index (χ1v) is 11.7. The van der Waals surface area contributed by atoms with Crippen molar-refractivity contribution in [3.8, 4) is 5.75 Å². The Kier molecular flexibility index (Phi) is 7.27. The average molecular weight is 487 g/mol. The van der Waals surface area contributed by atoms with Gasteiger partial charge in [0.05, 0.1) is 28.0 Å². The number of nitro benzene ring substituents is 1. The second-order valence-electron chi connectivity index (χ2n) is 7.55. The summed E-state index contributed by atoms with van der Waals surface area (Å²) in [6.45, 7) is 4.50. The van der Waals surface area contributed by atoms with Gasteiger partial charge in [-0.05, 0) is 85.1 Å². The number of aromatic nitrogens is 1. The maximum Gasteiger partial charge on any atom is 0.273 e. The summed E-state index contributed by atoms with van der Waals surface area (Å²) in [4.78, 5) is 28.1. The molecule has 0 saturated heterocycles. The van der Waals surface area contributed by atoms with Gasteiger partial charge in [0, 0.05) is 18.2 Å². The quantitative estimate of drug-likeness (QED) is 0.132. The van der Waals surface area contributed by atoms with Crippen molar-refractivity contribution in [1.29, 1.82) is 0 Å². The summed E-state index contributed by atoms with van der Waals surface area (Å²) in [7, 11) is 0. The molecule has 35 heavy (non-hydrogen) atoms. The van der Waals surface area contributed by atoms with Crippen LogP contribution in [0.5, 0.6) is 5.75 Å². The topological polar surface area (TPSA) is 97.9 Å². The maximum atomic E-state index is 13.2. The molecule has 9 heteroatoms. The summed E-state index contributed by atoms with van der Waals surface area (Å²) in [6, 6.07) is 19.2. The number of nitrogens with zero attached hydrogens (tertiary/aromatic N) is 4. The monoisotopic (exact) mass is 486 g/mol. The molecule has 0 bridgehead atoms. The first-order chi connectivity index (χ1) is 16.9. The number of rotatable bonds is 8. The minimum atomic E-state index is -0.467. The van der Waals surface area contributed by atoms with Crippen molar-refractivity contribution in [1.82, 2.24) is 4.98 Å². The van der Waals surface area contributed by atoms with Crippen LogP contribution < -0.4 is 9.75 Å². The van der Waals surface area contributed by atoms with Gasteiger partial charge in [0.1, 0.15) is 5.75 Å². The summed E-state index contributed by atoms with van der Waals surface area (Å²) in [5.41, 5.74) is 3.31. The highest BCUT2D eigenvalue weighted by Gasteiger charge is 2.17. The zero-order valence-electron chi connectivity index (χ0n) is 19.1. The molecule has 4 rings (SSSR count). The highest BCUT2D eigenvalue weighted by Crippen LogP contribution is 2.30. The lowest BCUT2D eigenvalue weighted by molar-refractivity contribution is -0.384. The van der Waals surface area contributed by atoms with Crippen molar-refractivity contribution < 1.29 is 14.5 Å². The molecule has 0 unspecified atom stereocenters. The molecule has 0 N–H and O–H groups in total. The number of non-ortho nitro benzene ring substituents is 1. The van der Waals surface area contributed by atoms with Crippen molar-refractivity contribution in [2.75, 3.05) is 11.6 Å². The number of aryl methyl sites for hydroxylation is 1. The Hall–Kier alpha value is -4.37. The zero-order chi connectivity index (χ0) is 24.8. The van der Waals surface area contributed by atoms with E-state index in [2.05, 4.69) is 10.1 Å². The lowest BCUT2D eigenvalue weighted by Crippen LogP contribution is -2.23. The molecular formula is C26H22N4O4S. The molecular weight excluding hydrogens is 464 g/mol. The molecule has 0 aliphatic carbocycles. The number of hydrogen-bond donors (Lipinski definition) is 0. The van der Waals surface area contributed by atoms with E-state index in [-0.39, 0.29) is 5.69 Å². The van der Waals surface area contributed by atoms with Crippen LogP contribution in [0.1, 0.15) is 23.6 Å². The largest absolute Gasteiger partial charge is 0.494 e. The molecule has 1 aromatic heterocycles. The molecule has 0 aliphatic heterocycles. The fourth-order valence-corrected chi connectivity index (χ4v) is 4.22. The van der Waals surface area contributed by atoms with E-state index in [0.717, 1.165) is 27.1 Å². The summed E-state index contributed by atoms with van der Waals surface area (Å²) < 4.78 is 6.42. The number of benzene rings is 3. The van der Waals surface area contributed by atoms with Crippen LogP contribution in [0.2, 0.25) is 0 Å². The highest BCUT2D eigenvalue weighted by molar-refractivity contribution is 7.22. The van der Waals surface area contributed by atoms with E-state index in [9.17, 15) is 14.9 Å². The standard InChI is InChI=1S/C26H22N4O4S/c1-3-34-22-12-7-20(8-13-22)17-27-29(26-28-23-14-4-18(2)16-24(23)35-26)25(31)15-9-19-5-10-21(11-6-19)30(32)33/h4-17H,3H2,1-2H3/b15-9+,27-17+. The fraction of sp³-hybridized carbons (Fsp3) is 0.115. The van der Waals surface area contributed by atoms with Gasteiger partial charge in [-0.1, -0.05) is 17.4 Å². The molecule has 0 spiro atoms. The smallest absolute Gasteiger partial charge is 0.273 e. The number of carbonyl (C=O) groups excluding carboxylic acids is 1. The lowest BCUT2D eigenvalue weighted by atomic mass is 10.2. The van der Waals surface area contributed by atoms with Crippen LogP contribution in [0.25, 0.3) is 16.3 Å². The first-order valence-electron chi connectivity index (χ1n) is 10.8. The SMILES string of the molecule is CCOc1ccc(/C=N/N(C(=O)/C=C/c2ccc([N+](=O)[O-])cc2)c2nc3ccc(C)cc3s2)cc1. The van der Waals surface area contributed by atoms with Gasteiger partial charge in [0.2, 0.25) is 5.13 Å². The van der Waals surface area contributed by atoms with E-state index < -0.39 is 10.8 Å². The number of anilines is 1. The predicted molar refractivity (Wildman–Crippen MR) is 139 cm³/mol. The minimum Gasteiger partial charge on any atom is -0.494 e. The first kappa shape index (κ1) is 23.8. The number of nitro groups is 1. The number of ether oxygens (including phenoxy) is 1. The number of hydrazone groups is 1. The average Bonchev–Trinajstić information content (AvgIpc) is 3.27. The summed E-state index contributed by atoms with van der Waals surface area (Å²) in [6.07, 6.45) is 4.54. The lowest BCUT2D eigenvalue weighted by Gasteiger charge is -2.11. The number of fused-ring (bicyclic) bond motifs is 1. The Bertz CT molecular complexity index is 1410. The van der Waals surface area contributed by atoms with Gasteiger partial charge >= 0.3 is 0 Å². The molecule has 176 valence electrons. The van der Waals surface area contributed by atoms with Crippen LogP contribution in [0.15, 0.2) is 77.9 Å². The molecule has 0 radical (unpaired) electrons. The third-order valence-corrected chi connectivity index (χ3v) is 5.95. The van der Waals surface area contributed by atoms with Gasteiger partial charge < -0.3 is 4.74 Å². The number of thiazole rings is 1. The van der Waals surface area contributed by atoms with Crippen LogP contribution in [0.4, 0.5) is 10.8 Å². The predicted octanol–water partition coefficient (Wildman–Crippen LogP) is 5.99. The van der Waals surface area contributed by atoms with Gasteiger partial charge in [-0.3, -0.25) is 14.9 Å². The third-order valence-electron chi connectivity index (χ3n) is 4.96. The van der Waals surface area contributed by atoms with Crippen molar-refractivity contribution in [3.63, 3.8) is 0 Å².